The molecule has 2 aromatic rings. The zero-order chi connectivity index (χ0) is 14.6. The van der Waals surface area contributed by atoms with Gasteiger partial charge < -0.3 is 10.1 Å². The quantitative estimate of drug-likeness (QED) is 0.727. The fourth-order valence-electron chi connectivity index (χ4n) is 1.64. The van der Waals surface area contributed by atoms with Crippen LogP contribution >= 0.6 is 0 Å². The Labute approximate surface area is 115 Å². The summed E-state index contributed by atoms with van der Waals surface area (Å²) in [5.74, 6) is -0.866. The number of aromatic carboxylic acids is 1. The second kappa shape index (κ2) is 5.85. The first-order chi connectivity index (χ1) is 9.46. The van der Waals surface area contributed by atoms with E-state index in [0.29, 0.717) is 11.4 Å². The number of nitrogens with one attached hydrogen (secondary N) is 2. The van der Waals surface area contributed by atoms with Gasteiger partial charge in [-0.15, -0.1) is 0 Å². The van der Waals surface area contributed by atoms with Crippen LogP contribution in [0.25, 0.3) is 0 Å². The number of sulfonamides is 1. The smallest absolute Gasteiger partial charge is 0.335 e. The number of carboxylic acids is 1. The highest BCUT2D eigenvalue weighted by atomic mass is 32.2. The molecule has 0 aliphatic heterocycles. The summed E-state index contributed by atoms with van der Waals surface area (Å²) in [5.41, 5.74) is 0.473. The highest BCUT2D eigenvalue weighted by molar-refractivity contribution is 7.88. The highest BCUT2D eigenvalue weighted by Gasteiger charge is 2.13. The van der Waals surface area contributed by atoms with Crippen molar-refractivity contribution in [3.05, 3.63) is 53.6 Å². The lowest BCUT2D eigenvalue weighted by Gasteiger charge is -2.06. The predicted molar refractivity (Wildman–Crippen MR) is 71.5 cm³/mol. The third-order valence-corrected chi connectivity index (χ3v) is 3.84. The molecular weight excluding hydrogens is 282 g/mol. The van der Waals surface area contributed by atoms with Crippen LogP contribution in [0.1, 0.15) is 21.7 Å². The van der Waals surface area contributed by atoms with Crippen LogP contribution in [-0.4, -0.2) is 29.5 Å². The van der Waals surface area contributed by atoms with Gasteiger partial charge >= 0.3 is 5.97 Å². The minimum atomic E-state index is -3.56. The van der Waals surface area contributed by atoms with Crippen molar-refractivity contribution >= 4 is 16.0 Å². The minimum Gasteiger partial charge on any atom is -0.478 e. The summed E-state index contributed by atoms with van der Waals surface area (Å²) in [6.45, 7) is 0.0634. The maximum Gasteiger partial charge on any atom is 0.335 e. The first kappa shape index (κ1) is 14.2. The maximum atomic E-state index is 11.9. The van der Waals surface area contributed by atoms with Crippen LogP contribution < -0.4 is 4.72 Å². The Kier molecular flexibility index (Phi) is 4.16. The second-order valence-electron chi connectivity index (χ2n) is 4.12. The lowest BCUT2D eigenvalue weighted by atomic mass is 10.1. The van der Waals surface area contributed by atoms with Crippen LogP contribution in [0.15, 0.2) is 36.7 Å². The summed E-state index contributed by atoms with van der Waals surface area (Å²) in [4.78, 5) is 17.5. The molecule has 0 saturated carbocycles. The van der Waals surface area contributed by atoms with Crippen LogP contribution in [-0.2, 0) is 22.3 Å². The summed E-state index contributed by atoms with van der Waals surface area (Å²) in [6.07, 6.45) is 3.12. The number of H-pyrrole nitrogens is 1. The summed E-state index contributed by atoms with van der Waals surface area (Å²) < 4.78 is 26.1. The lowest BCUT2D eigenvalue weighted by molar-refractivity contribution is 0.0696. The van der Waals surface area contributed by atoms with E-state index in [4.69, 9.17) is 5.11 Å². The molecule has 7 nitrogen and oxygen atoms in total. The van der Waals surface area contributed by atoms with Crippen molar-refractivity contribution < 1.29 is 18.3 Å². The number of hydrogen-bond donors (Lipinski definition) is 3. The molecule has 106 valence electrons. The SMILES string of the molecule is O=C(O)c1cccc(CS(=O)(=O)NCc2ncc[nH]2)c1. The van der Waals surface area contributed by atoms with Gasteiger partial charge in [-0.3, -0.25) is 0 Å². The first-order valence-electron chi connectivity index (χ1n) is 5.74. The first-order valence-corrected chi connectivity index (χ1v) is 7.39. The Bertz CT molecular complexity index is 695. The van der Waals surface area contributed by atoms with Gasteiger partial charge in [0.05, 0.1) is 17.9 Å². The molecule has 0 unspecified atom stereocenters. The number of aromatic nitrogens is 2. The van der Waals surface area contributed by atoms with Crippen molar-refractivity contribution in [2.45, 2.75) is 12.3 Å². The van der Waals surface area contributed by atoms with E-state index >= 15 is 0 Å². The van der Waals surface area contributed by atoms with E-state index in [1.54, 1.807) is 12.3 Å². The molecule has 2 rings (SSSR count). The number of benzene rings is 1. The van der Waals surface area contributed by atoms with Crippen molar-refractivity contribution in [2.24, 2.45) is 0 Å². The molecule has 0 aliphatic carbocycles. The predicted octanol–water partition coefficient (Wildman–Crippen LogP) is 0.727. The normalized spacial score (nSPS) is 11.4. The molecule has 1 heterocycles. The van der Waals surface area contributed by atoms with Gasteiger partial charge in [-0.05, 0) is 17.7 Å². The second-order valence-corrected chi connectivity index (χ2v) is 5.93. The van der Waals surface area contributed by atoms with Crippen LogP contribution in [0.5, 0.6) is 0 Å². The van der Waals surface area contributed by atoms with Crippen LogP contribution in [0.2, 0.25) is 0 Å². The molecule has 1 aromatic heterocycles. The molecule has 0 saturated heterocycles. The average Bonchev–Trinajstić information content (AvgIpc) is 2.89. The maximum absolute atomic E-state index is 11.9. The molecule has 0 radical (unpaired) electrons. The Hall–Kier alpha value is -2.19. The summed E-state index contributed by atoms with van der Waals surface area (Å²) in [5, 5.41) is 8.86. The van der Waals surface area contributed by atoms with Gasteiger partial charge in [0.25, 0.3) is 0 Å². The van der Waals surface area contributed by atoms with Crippen molar-refractivity contribution in [2.75, 3.05) is 0 Å². The van der Waals surface area contributed by atoms with Crippen LogP contribution in [0, 0.1) is 0 Å². The highest BCUT2D eigenvalue weighted by Crippen LogP contribution is 2.09. The molecule has 0 atom stereocenters. The monoisotopic (exact) mass is 295 g/mol. The number of imidazole rings is 1. The van der Waals surface area contributed by atoms with E-state index in [2.05, 4.69) is 14.7 Å². The summed E-state index contributed by atoms with van der Waals surface area (Å²) in [6, 6.07) is 5.84. The van der Waals surface area contributed by atoms with E-state index < -0.39 is 16.0 Å². The average molecular weight is 295 g/mol. The largest absolute Gasteiger partial charge is 0.478 e. The van der Waals surface area contributed by atoms with Gasteiger partial charge in [0.1, 0.15) is 5.82 Å². The van der Waals surface area contributed by atoms with Crippen molar-refractivity contribution in [1.29, 1.82) is 0 Å². The molecule has 3 N–H and O–H groups in total. The van der Waals surface area contributed by atoms with Crippen molar-refractivity contribution in [3.63, 3.8) is 0 Å². The molecule has 1 aromatic carbocycles. The fourth-order valence-corrected chi connectivity index (χ4v) is 2.71. The van der Waals surface area contributed by atoms with Gasteiger partial charge in [-0.2, -0.15) is 0 Å². The zero-order valence-corrected chi connectivity index (χ0v) is 11.2. The Morgan fingerprint density at radius 1 is 1.40 bits per heavy atom. The van der Waals surface area contributed by atoms with Gasteiger partial charge in [-0.25, -0.2) is 22.9 Å². The van der Waals surface area contributed by atoms with E-state index in [0.717, 1.165) is 0 Å². The van der Waals surface area contributed by atoms with E-state index in [1.807, 2.05) is 0 Å². The standard InChI is InChI=1S/C12H13N3O4S/c16-12(17)10-3-1-2-9(6-10)8-20(18,19)15-7-11-13-4-5-14-11/h1-6,15H,7-8H2,(H,13,14)(H,16,17). The fraction of sp³-hybridized carbons (Fsp3) is 0.167. The lowest BCUT2D eigenvalue weighted by Crippen LogP contribution is -2.25. The number of carboxylic acid groups (broad SMARTS) is 1. The van der Waals surface area contributed by atoms with E-state index in [-0.39, 0.29) is 17.9 Å². The minimum absolute atomic E-state index is 0.0590. The number of hydrogen-bond acceptors (Lipinski definition) is 4. The van der Waals surface area contributed by atoms with Gasteiger partial charge in [0.15, 0.2) is 0 Å². The molecule has 0 amide bonds. The van der Waals surface area contributed by atoms with Gasteiger partial charge in [-0.1, -0.05) is 12.1 Å². The molecular formula is C12H13N3O4S. The number of carbonyl (C=O) groups is 1. The summed E-state index contributed by atoms with van der Waals surface area (Å²) in [7, 11) is -3.56. The molecule has 0 bridgehead atoms. The third-order valence-electron chi connectivity index (χ3n) is 2.54. The number of aromatic amines is 1. The van der Waals surface area contributed by atoms with Crippen LogP contribution in [0.4, 0.5) is 0 Å². The van der Waals surface area contributed by atoms with E-state index in [1.165, 1.54) is 24.4 Å². The number of rotatable bonds is 6. The van der Waals surface area contributed by atoms with Crippen LogP contribution in [0.3, 0.4) is 0 Å². The van der Waals surface area contributed by atoms with Gasteiger partial charge in [0.2, 0.25) is 10.0 Å². The Morgan fingerprint density at radius 3 is 2.85 bits per heavy atom. The van der Waals surface area contributed by atoms with Gasteiger partial charge in [0, 0.05) is 12.4 Å². The molecule has 20 heavy (non-hydrogen) atoms. The van der Waals surface area contributed by atoms with Crippen molar-refractivity contribution in [3.8, 4) is 0 Å². The Balaban J connectivity index is 2.04. The molecule has 0 spiro atoms. The molecule has 0 aliphatic rings. The van der Waals surface area contributed by atoms with E-state index in [9.17, 15) is 13.2 Å². The summed E-state index contributed by atoms with van der Waals surface area (Å²) >= 11 is 0. The third kappa shape index (κ3) is 3.90. The molecule has 8 heteroatoms. The zero-order valence-electron chi connectivity index (χ0n) is 10.4. The van der Waals surface area contributed by atoms with Crippen molar-refractivity contribution in [1.82, 2.24) is 14.7 Å². The topological polar surface area (TPSA) is 112 Å². The Morgan fingerprint density at radius 2 is 2.20 bits per heavy atom. The number of nitrogens with zero attached hydrogens (tertiary/aromatic N) is 1. The molecule has 0 fully saturated rings.